The molecule has 1 fully saturated rings. The van der Waals surface area contributed by atoms with Crippen LogP contribution in [0.2, 0.25) is 0 Å². The largest absolute Gasteiger partial charge is 0.480 e. The van der Waals surface area contributed by atoms with E-state index in [1.807, 2.05) is 12.1 Å². The third kappa shape index (κ3) is 2.02. The predicted octanol–water partition coefficient (Wildman–Crippen LogP) is 0.689. The topological polar surface area (TPSA) is 81.1 Å². The average molecular weight is 276 g/mol. The molecule has 0 aromatic heterocycles. The fourth-order valence-electron chi connectivity index (χ4n) is 2.89. The van der Waals surface area contributed by atoms with Crippen molar-refractivity contribution in [3.8, 4) is 0 Å². The summed E-state index contributed by atoms with van der Waals surface area (Å²) >= 11 is 0. The molecule has 1 aromatic rings. The Morgan fingerprint density at radius 3 is 2.65 bits per heavy atom. The summed E-state index contributed by atoms with van der Waals surface area (Å²) in [5.74, 6) is -1.01. The normalized spacial score (nSPS) is 24.9. The first kappa shape index (κ1) is 12.9. The number of hydrogen-bond acceptors (Lipinski definition) is 3. The summed E-state index contributed by atoms with van der Waals surface area (Å²) < 4.78 is 0. The number of carbonyl (C=O) groups is 2. The van der Waals surface area contributed by atoms with E-state index in [1.165, 1.54) is 9.80 Å². The zero-order valence-corrected chi connectivity index (χ0v) is 10.9. The van der Waals surface area contributed by atoms with E-state index in [0.717, 1.165) is 5.56 Å². The second-order valence-corrected chi connectivity index (χ2v) is 5.23. The summed E-state index contributed by atoms with van der Waals surface area (Å²) in [6.45, 7) is 0.731. The van der Waals surface area contributed by atoms with Crippen molar-refractivity contribution >= 4 is 17.7 Å². The van der Waals surface area contributed by atoms with E-state index in [9.17, 15) is 19.8 Å². The number of benzene rings is 1. The van der Waals surface area contributed by atoms with Gasteiger partial charge in [0.1, 0.15) is 6.04 Å². The number of hydrogen-bond donors (Lipinski definition) is 2. The molecule has 106 valence electrons. The number of aliphatic hydroxyl groups is 1. The molecular formula is C14H16N2O4. The van der Waals surface area contributed by atoms with Crippen LogP contribution in [0.1, 0.15) is 12.0 Å². The molecular weight excluding hydrogens is 260 g/mol. The molecule has 3 rings (SSSR count). The van der Waals surface area contributed by atoms with E-state index >= 15 is 0 Å². The SMILES string of the molecule is O=C(O)[C@@H]1Cc2ccccc2N1C(=O)N1CCC(O)C1. The van der Waals surface area contributed by atoms with E-state index < -0.39 is 18.1 Å². The maximum Gasteiger partial charge on any atom is 0.327 e. The van der Waals surface area contributed by atoms with Crippen LogP contribution in [0.4, 0.5) is 10.5 Å². The maximum atomic E-state index is 12.5. The molecule has 6 nitrogen and oxygen atoms in total. The number of aliphatic carboxylic acids is 1. The number of β-amino-alcohol motifs (C(OH)–C–C–N with tert-alkyl or cyclic N) is 1. The maximum absolute atomic E-state index is 12.5. The number of amides is 2. The van der Waals surface area contributed by atoms with Crippen LogP contribution >= 0.6 is 0 Å². The fourth-order valence-corrected chi connectivity index (χ4v) is 2.89. The molecule has 2 aliphatic heterocycles. The van der Waals surface area contributed by atoms with Gasteiger partial charge in [-0.15, -0.1) is 0 Å². The number of anilines is 1. The molecule has 0 saturated carbocycles. The summed E-state index contributed by atoms with van der Waals surface area (Å²) in [5, 5.41) is 18.9. The molecule has 0 bridgehead atoms. The molecule has 0 aliphatic carbocycles. The molecule has 2 N–H and O–H groups in total. The number of fused-ring (bicyclic) bond motifs is 1. The quantitative estimate of drug-likeness (QED) is 0.790. The molecule has 20 heavy (non-hydrogen) atoms. The van der Waals surface area contributed by atoms with Gasteiger partial charge in [-0.2, -0.15) is 0 Å². The lowest BCUT2D eigenvalue weighted by Crippen LogP contribution is -2.49. The molecule has 0 radical (unpaired) electrons. The highest BCUT2D eigenvalue weighted by atomic mass is 16.4. The predicted molar refractivity (Wildman–Crippen MR) is 71.6 cm³/mol. The summed E-state index contributed by atoms with van der Waals surface area (Å²) in [6, 6.07) is 6.05. The van der Waals surface area contributed by atoms with E-state index in [2.05, 4.69) is 0 Å². The smallest absolute Gasteiger partial charge is 0.327 e. The number of aliphatic hydroxyl groups excluding tert-OH is 1. The van der Waals surface area contributed by atoms with Crippen molar-refractivity contribution in [1.82, 2.24) is 4.90 Å². The summed E-state index contributed by atoms with van der Waals surface area (Å²) in [5.41, 5.74) is 1.53. The first-order valence-electron chi connectivity index (χ1n) is 6.65. The fraction of sp³-hybridized carbons (Fsp3) is 0.429. The van der Waals surface area contributed by atoms with Crippen molar-refractivity contribution in [3.05, 3.63) is 29.8 Å². The highest BCUT2D eigenvalue weighted by molar-refractivity contribution is 6.01. The summed E-state index contributed by atoms with van der Waals surface area (Å²) in [4.78, 5) is 26.8. The lowest BCUT2D eigenvalue weighted by molar-refractivity contribution is -0.138. The van der Waals surface area contributed by atoms with E-state index in [0.29, 0.717) is 25.1 Å². The van der Waals surface area contributed by atoms with Crippen molar-refractivity contribution in [2.45, 2.75) is 25.0 Å². The van der Waals surface area contributed by atoms with Crippen molar-refractivity contribution in [2.75, 3.05) is 18.0 Å². The molecule has 1 saturated heterocycles. The Morgan fingerprint density at radius 2 is 2.00 bits per heavy atom. The zero-order chi connectivity index (χ0) is 14.3. The van der Waals surface area contributed by atoms with Crippen LogP contribution in [0, 0.1) is 0 Å². The first-order valence-corrected chi connectivity index (χ1v) is 6.65. The van der Waals surface area contributed by atoms with Gasteiger partial charge in [-0.25, -0.2) is 9.59 Å². The average Bonchev–Trinajstić information content (AvgIpc) is 3.01. The van der Waals surface area contributed by atoms with Crippen LogP contribution in [-0.4, -0.2) is 52.3 Å². The second-order valence-electron chi connectivity index (χ2n) is 5.23. The monoisotopic (exact) mass is 276 g/mol. The molecule has 1 unspecified atom stereocenters. The third-order valence-corrected chi connectivity index (χ3v) is 3.90. The van der Waals surface area contributed by atoms with Gasteiger partial charge in [0.25, 0.3) is 0 Å². The standard InChI is InChI=1S/C14H16N2O4/c17-10-5-6-15(8-10)14(20)16-11-4-2-1-3-9(11)7-12(16)13(18)19/h1-4,10,12,17H,5-8H2,(H,18,19)/t10?,12-/m0/s1. The van der Waals surface area contributed by atoms with Gasteiger partial charge in [0.05, 0.1) is 6.10 Å². The van der Waals surface area contributed by atoms with Crippen LogP contribution in [-0.2, 0) is 11.2 Å². The highest BCUT2D eigenvalue weighted by Crippen LogP contribution is 2.33. The first-order chi connectivity index (χ1) is 9.58. The van der Waals surface area contributed by atoms with Crippen LogP contribution in [0.5, 0.6) is 0 Å². The third-order valence-electron chi connectivity index (χ3n) is 3.90. The highest BCUT2D eigenvalue weighted by Gasteiger charge is 2.41. The second kappa shape index (κ2) is 4.79. The molecule has 6 heteroatoms. The van der Waals surface area contributed by atoms with Gasteiger partial charge in [0.2, 0.25) is 0 Å². The molecule has 2 amide bonds. The minimum absolute atomic E-state index is 0.268. The Labute approximate surface area is 116 Å². The number of carboxylic acids is 1. The van der Waals surface area contributed by atoms with Crippen LogP contribution in [0.3, 0.4) is 0 Å². The Morgan fingerprint density at radius 1 is 1.25 bits per heavy atom. The van der Waals surface area contributed by atoms with E-state index in [4.69, 9.17) is 0 Å². The lowest BCUT2D eigenvalue weighted by Gasteiger charge is -2.28. The van der Waals surface area contributed by atoms with Crippen LogP contribution in [0.15, 0.2) is 24.3 Å². The molecule has 1 aromatic carbocycles. The molecule has 2 aliphatic rings. The Balaban J connectivity index is 1.92. The van der Waals surface area contributed by atoms with Gasteiger partial charge < -0.3 is 15.1 Å². The van der Waals surface area contributed by atoms with Crippen molar-refractivity contribution in [1.29, 1.82) is 0 Å². The van der Waals surface area contributed by atoms with Crippen molar-refractivity contribution < 1.29 is 19.8 Å². The summed E-state index contributed by atoms with van der Waals surface area (Å²) in [7, 11) is 0. The number of carboxylic acid groups (broad SMARTS) is 1. The van der Waals surface area contributed by atoms with Gasteiger partial charge >= 0.3 is 12.0 Å². The molecule has 0 spiro atoms. The van der Waals surface area contributed by atoms with Gasteiger partial charge in [-0.05, 0) is 18.1 Å². The van der Waals surface area contributed by atoms with Crippen molar-refractivity contribution in [3.63, 3.8) is 0 Å². The Kier molecular flexibility index (Phi) is 3.10. The minimum Gasteiger partial charge on any atom is -0.480 e. The van der Waals surface area contributed by atoms with Gasteiger partial charge in [-0.3, -0.25) is 4.90 Å². The number of nitrogens with zero attached hydrogens (tertiary/aromatic N) is 2. The van der Waals surface area contributed by atoms with Crippen molar-refractivity contribution in [2.24, 2.45) is 0 Å². The van der Waals surface area contributed by atoms with E-state index in [1.54, 1.807) is 12.1 Å². The number of para-hydroxylation sites is 1. The zero-order valence-electron chi connectivity index (χ0n) is 10.9. The number of urea groups is 1. The summed E-state index contributed by atoms with van der Waals surface area (Å²) in [6.07, 6.45) is 0.354. The van der Waals surface area contributed by atoms with Gasteiger partial charge in [-0.1, -0.05) is 18.2 Å². The van der Waals surface area contributed by atoms with Crippen LogP contribution in [0.25, 0.3) is 0 Å². The lowest BCUT2D eigenvalue weighted by atomic mass is 10.1. The van der Waals surface area contributed by atoms with Gasteiger partial charge in [0, 0.05) is 25.2 Å². The van der Waals surface area contributed by atoms with E-state index in [-0.39, 0.29) is 12.6 Å². The van der Waals surface area contributed by atoms with Crippen LogP contribution < -0.4 is 4.90 Å². The number of likely N-dealkylation sites (tertiary alicyclic amines) is 1. The number of carbonyl (C=O) groups excluding carboxylic acids is 1. The Bertz CT molecular complexity index is 560. The van der Waals surface area contributed by atoms with Gasteiger partial charge in [0.15, 0.2) is 0 Å². The minimum atomic E-state index is -1.01. The Hall–Kier alpha value is -2.08. The molecule has 2 atom stereocenters. The number of rotatable bonds is 1. The molecule has 2 heterocycles.